The van der Waals surface area contributed by atoms with Gasteiger partial charge < -0.3 is 10.2 Å². The predicted octanol–water partition coefficient (Wildman–Crippen LogP) is 4.08. The molecule has 1 fully saturated rings. The number of benzene rings is 2. The fourth-order valence-corrected chi connectivity index (χ4v) is 3.19. The number of rotatable bonds is 3. The van der Waals surface area contributed by atoms with Gasteiger partial charge in [-0.2, -0.15) is 0 Å². The average molecular weight is 391 g/mol. The van der Waals surface area contributed by atoms with E-state index in [1.807, 2.05) is 4.90 Å². The van der Waals surface area contributed by atoms with E-state index in [0.717, 1.165) is 25.9 Å². The summed E-state index contributed by atoms with van der Waals surface area (Å²) >= 11 is 3.16. The molecular weight excluding hydrogens is 375 g/mol. The minimum Gasteiger partial charge on any atom is -0.339 e. The zero-order valence-electron chi connectivity index (χ0n) is 12.9. The summed E-state index contributed by atoms with van der Waals surface area (Å²) in [6.45, 7) is 1.54. The van der Waals surface area contributed by atoms with E-state index in [0.29, 0.717) is 15.7 Å². The van der Waals surface area contributed by atoms with Crippen LogP contribution in [-0.4, -0.2) is 29.8 Å². The van der Waals surface area contributed by atoms with E-state index in [1.165, 1.54) is 18.2 Å². The highest BCUT2D eigenvalue weighted by Crippen LogP contribution is 2.19. The van der Waals surface area contributed by atoms with Crippen LogP contribution in [-0.2, 0) is 0 Å². The Balaban J connectivity index is 1.76. The van der Waals surface area contributed by atoms with Crippen molar-refractivity contribution in [2.24, 2.45) is 0 Å². The van der Waals surface area contributed by atoms with Gasteiger partial charge in [0, 0.05) is 34.4 Å². The number of halogens is 2. The molecule has 2 aromatic carbocycles. The van der Waals surface area contributed by atoms with Crippen LogP contribution in [0.15, 0.2) is 46.9 Å². The zero-order valence-corrected chi connectivity index (χ0v) is 14.5. The van der Waals surface area contributed by atoms with Crippen molar-refractivity contribution in [2.75, 3.05) is 18.4 Å². The largest absolute Gasteiger partial charge is 0.339 e. The third-order valence-corrected chi connectivity index (χ3v) is 4.34. The van der Waals surface area contributed by atoms with Gasteiger partial charge in [-0.1, -0.05) is 22.0 Å². The van der Waals surface area contributed by atoms with Gasteiger partial charge in [0.2, 0.25) is 0 Å². The minimum atomic E-state index is -0.493. The lowest BCUT2D eigenvalue weighted by Crippen LogP contribution is -2.27. The fraction of sp³-hybridized carbons (Fsp3) is 0.222. The SMILES string of the molecule is O=C(Nc1cccc(C(=O)N2CCCC2)c1)c1cc(F)cc(Br)c1. The van der Waals surface area contributed by atoms with Gasteiger partial charge in [0.05, 0.1) is 0 Å². The molecule has 0 spiro atoms. The topological polar surface area (TPSA) is 49.4 Å². The van der Waals surface area contributed by atoms with Gasteiger partial charge in [-0.25, -0.2) is 4.39 Å². The van der Waals surface area contributed by atoms with Gasteiger partial charge in [-0.15, -0.1) is 0 Å². The van der Waals surface area contributed by atoms with Gasteiger partial charge in [0.25, 0.3) is 11.8 Å². The van der Waals surface area contributed by atoms with Crippen LogP contribution in [0.4, 0.5) is 10.1 Å². The highest BCUT2D eigenvalue weighted by molar-refractivity contribution is 9.10. The van der Waals surface area contributed by atoms with Crippen LogP contribution in [0.2, 0.25) is 0 Å². The molecule has 0 saturated carbocycles. The molecule has 2 aromatic rings. The molecule has 1 N–H and O–H groups in total. The first kappa shape index (κ1) is 16.6. The number of nitrogens with zero attached hydrogens (tertiary/aromatic N) is 1. The van der Waals surface area contributed by atoms with E-state index in [2.05, 4.69) is 21.2 Å². The summed E-state index contributed by atoms with van der Waals surface area (Å²) in [6.07, 6.45) is 2.05. The molecule has 1 aliphatic heterocycles. The molecule has 3 rings (SSSR count). The zero-order chi connectivity index (χ0) is 17.1. The molecule has 0 bridgehead atoms. The van der Waals surface area contributed by atoms with Crippen LogP contribution < -0.4 is 5.32 Å². The average Bonchev–Trinajstić information content (AvgIpc) is 3.08. The number of hydrogen-bond donors (Lipinski definition) is 1. The first-order chi connectivity index (χ1) is 11.5. The number of carbonyl (C=O) groups excluding carboxylic acids is 2. The molecular formula is C18H16BrFN2O2. The van der Waals surface area contributed by atoms with Gasteiger partial charge in [0.1, 0.15) is 5.82 Å². The van der Waals surface area contributed by atoms with Crippen LogP contribution in [0.1, 0.15) is 33.6 Å². The molecule has 1 saturated heterocycles. The quantitative estimate of drug-likeness (QED) is 0.858. The molecule has 2 amide bonds. The molecule has 1 heterocycles. The maximum Gasteiger partial charge on any atom is 0.255 e. The second kappa shape index (κ2) is 7.13. The number of nitrogens with one attached hydrogen (secondary N) is 1. The van der Waals surface area contributed by atoms with Gasteiger partial charge in [0.15, 0.2) is 0 Å². The van der Waals surface area contributed by atoms with Crippen molar-refractivity contribution in [3.8, 4) is 0 Å². The Morgan fingerprint density at radius 2 is 1.79 bits per heavy atom. The van der Waals surface area contributed by atoms with E-state index >= 15 is 0 Å². The molecule has 124 valence electrons. The van der Waals surface area contributed by atoms with E-state index in [4.69, 9.17) is 0 Å². The van der Waals surface area contributed by atoms with Crippen LogP contribution in [0.5, 0.6) is 0 Å². The van der Waals surface area contributed by atoms with Crippen LogP contribution in [0.25, 0.3) is 0 Å². The molecule has 4 nitrogen and oxygen atoms in total. The molecule has 0 unspecified atom stereocenters. The maximum absolute atomic E-state index is 13.4. The summed E-state index contributed by atoms with van der Waals surface area (Å²) < 4.78 is 13.9. The maximum atomic E-state index is 13.4. The van der Waals surface area contributed by atoms with E-state index < -0.39 is 11.7 Å². The lowest BCUT2D eigenvalue weighted by atomic mass is 10.1. The smallest absolute Gasteiger partial charge is 0.255 e. The number of anilines is 1. The monoisotopic (exact) mass is 390 g/mol. The van der Waals surface area contributed by atoms with Crippen molar-refractivity contribution in [2.45, 2.75) is 12.8 Å². The van der Waals surface area contributed by atoms with Crippen LogP contribution in [0.3, 0.4) is 0 Å². The molecule has 0 atom stereocenters. The van der Waals surface area contributed by atoms with Crippen molar-refractivity contribution in [1.82, 2.24) is 4.90 Å². The highest BCUT2D eigenvalue weighted by Gasteiger charge is 2.19. The summed E-state index contributed by atoms with van der Waals surface area (Å²) in [5.41, 5.74) is 1.25. The summed E-state index contributed by atoms with van der Waals surface area (Å²) in [5, 5.41) is 2.70. The van der Waals surface area contributed by atoms with Crippen molar-refractivity contribution in [1.29, 1.82) is 0 Å². The molecule has 24 heavy (non-hydrogen) atoms. The number of likely N-dealkylation sites (tertiary alicyclic amines) is 1. The first-order valence-electron chi connectivity index (χ1n) is 7.70. The first-order valence-corrected chi connectivity index (χ1v) is 8.49. The predicted molar refractivity (Wildman–Crippen MR) is 93.6 cm³/mol. The van der Waals surface area contributed by atoms with Gasteiger partial charge in [-0.3, -0.25) is 9.59 Å². The minimum absolute atomic E-state index is 0.0305. The standard InChI is InChI=1S/C18H16BrFN2O2/c19-14-8-13(9-15(20)11-14)17(23)21-16-5-3-4-12(10-16)18(24)22-6-1-2-7-22/h3-5,8-11H,1-2,6-7H2,(H,21,23). The van der Waals surface area contributed by atoms with E-state index in [-0.39, 0.29) is 11.5 Å². The third kappa shape index (κ3) is 3.82. The lowest BCUT2D eigenvalue weighted by molar-refractivity contribution is 0.0792. The Morgan fingerprint density at radius 3 is 2.50 bits per heavy atom. The van der Waals surface area contributed by atoms with Gasteiger partial charge in [-0.05, 0) is 49.2 Å². The van der Waals surface area contributed by atoms with Crippen LogP contribution >= 0.6 is 15.9 Å². The second-order valence-corrected chi connectivity index (χ2v) is 6.61. The fourth-order valence-electron chi connectivity index (χ4n) is 2.72. The van der Waals surface area contributed by atoms with E-state index in [9.17, 15) is 14.0 Å². The molecule has 1 aliphatic rings. The summed E-state index contributed by atoms with van der Waals surface area (Å²) in [4.78, 5) is 26.5. The summed E-state index contributed by atoms with van der Waals surface area (Å²) in [5.74, 6) is -0.953. The Morgan fingerprint density at radius 1 is 1.04 bits per heavy atom. The lowest BCUT2D eigenvalue weighted by Gasteiger charge is -2.15. The Bertz CT molecular complexity index is 768. The van der Waals surface area contributed by atoms with Crippen LogP contribution in [0, 0.1) is 5.82 Å². The highest BCUT2D eigenvalue weighted by atomic mass is 79.9. The Kier molecular flexibility index (Phi) is 4.94. The van der Waals surface area contributed by atoms with Crippen molar-refractivity contribution >= 4 is 33.4 Å². The molecule has 0 radical (unpaired) electrons. The number of hydrogen-bond acceptors (Lipinski definition) is 2. The normalized spacial score (nSPS) is 13.8. The Hall–Kier alpha value is -2.21. The third-order valence-electron chi connectivity index (χ3n) is 3.89. The summed E-state index contributed by atoms with van der Waals surface area (Å²) in [6, 6.07) is 10.8. The van der Waals surface area contributed by atoms with Crippen molar-refractivity contribution < 1.29 is 14.0 Å². The van der Waals surface area contributed by atoms with Crippen molar-refractivity contribution in [3.05, 3.63) is 63.9 Å². The second-order valence-electron chi connectivity index (χ2n) is 5.69. The summed E-state index contributed by atoms with van der Waals surface area (Å²) in [7, 11) is 0. The number of carbonyl (C=O) groups is 2. The van der Waals surface area contributed by atoms with Gasteiger partial charge >= 0.3 is 0 Å². The molecule has 0 aliphatic carbocycles. The number of amides is 2. The molecule has 6 heteroatoms. The van der Waals surface area contributed by atoms with Crippen molar-refractivity contribution in [3.63, 3.8) is 0 Å². The van der Waals surface area contributed by atoms with E-state index in [1.54, 1.807) is 24.3 Å². The molecule has 0 aromatic heterocycles. The Labute approximate surface area is 147 Å².